The molecule has 0 amide bonds. The lowest BCUT2D eigenvalue weighted by atomic mass is 10.3. The molecule has 0 aliphatic heterocycles. The lowest BCUT2D eigenvalue weighted by Crippen LogP contribution is -2.33. The minimum Gasteiger partial charge on any atom is -0.493 e. The molecule has 0 fully saturated rings. The summed E-state index contributed by atoms with van der Waals surface area (Å²) in [7, 11) is 1.62. The molecule has 0 bridgehead atoms. The second-order valence-electron chi connectivity index (χ2n) is 2.99. The first-order valence-corrected chi connectivity index (χ1v) is 4.51. The topological polar surface area (TPSA) is 56.5 Å². The SMILES string of the molecule is COc1ccccc1OC(C)CNN. The van der Waals surface area contributed by atoms with Gasteiger partial charge in [-0.15, -0.1) is 0 Å². The number of hydrogen-bond donors (Lipinski definition) is 2. The van der Waals surface area contributed by atoms with Crippen LogP contribution in [0.1, 0.15) is 6.92 Å². The fourth-order valence-corrected chi connectivity index (χ4v) is 1.14. The van der Waals surface area contributed by atoms with Crippen LogP contribution in [0.15, 0.2) is 24.3 Å². The number of hydrogen-bond acceptors (Lipinski definition) is 4. The second kappa shape index (κ2) is 5.47. The highest BCUT2D eigenvalue weighted by Gasteiger charge is 2.06. The summed E-state index contributed by atoms with van der Waals surface area (Å²) in [6.07, 6.45) is 0.0105. The lowest BCUT2D eigenvalue weighted by molar-refractivity contribution is 0.208. The molecule has 0 spiro atoms. The van der Waals surface area contributed by atoms with Crippen LogP contribution in [0.25, 0.3) is 0 Å². The zero-order valence-electron chi connectivity index (χ0n) is 8.49. The molecule has 1 atom stereocenters. The maximum Gasteiger partial charge on any atom is 0.161 e. The van der Waals surface area contributed by atoms with Crippen LogP contribution in [0.3, 0.4) is 0 Å². The van der Waals surface area contributed by atoms with Crippen molar-refractivity contribution in [2.75, 3.05) is 13.7 Å². The molecule has 0 radical (unpaired) electrons. The molecule has 0 heterocycles. The van der Waals surface area contributed by atoms with E-state index in [0.29, 0.717) is 6.54 Å². The molecular formula is C10H16N2O2. The third kappa shape index (κ3) is 2.90. The average Bonchev–Trinajstić information content (AvgIpc) is 2.19. The normalized spacial score (nSPS) is 12.2. The van der Waals surface area contributed by atoms with Gasteiger partial charge in [0, 0.05) is 6.54 Å². The molecule has 0 aliphatic rings. The van der Waals surface area contributed by atoms with Gasteiger partial charge in [-0.25, -0.2) is 0 Å². The minimum atomic E-state index is 0.0105. The molecule has 0 aromatic heterocycles. The largest absolute Gasteiger partial charge is 0.493 e. The summed E-state index contributed by atoms with van der Waals surface area (Å²) in [6.45, 7) is 2.53. The Morgan fingerprint density at radius 2 is 2.00 bits per heavy atom. The molecule has 0 saturated carbocycles. The highest BCUT2D eigenvalue weighted by molar-refractivity contribution is 5.39. The van der Waals surface area contributed by atoms with Gasteiger partial charge in [0.2, 0.25) is 0 Å². The summed E-state index contributed by atoms with van der Waals surface area (Å²) in [5.41, 5.74) is 2.56. The summed E-state index contributed by atoms with van der Waals surface area (Å²) >= 11 is 0. The lowest BCUT2D eigenvalue weighted by Gasteiger charge is -2.15. The number of ether oxygens (including phenoxy) is 2. The third-order valence-corrected chi connectivity index (χ3v) is 1.80. The van der Waals surface area contributed by atoms with E-state index in [1.54, 1.807) is 7.11 Å². The molecule has 1 unspecified atom stereocenters. The average molecular weight is 196 g/mol. The van der Waals surface area contributed by atoms with Crippen molar-refractivity contribution in [1.82, 2.24) is 5.43 Å². The van der Waals surface area contributed by atoms with E-state index in [1.165, 1.54) is 0 Å². The zero-order chi connectivity index (χ0) is 10.4. The predicted molar refractivity (Wildman–Crippen MR) is 55.3 cm³/mol. The van der Waals surface area contributed by atoms with Crippen LogP contribution in [0.2, 0.25) is 0 Å². The van der Waals surface area contributed by atoms with Crippen molar-refractivity contribution >= 4 is 0 Å². The molecule has 0 saturated heterocycles. The molecule has 14 heavy (non-hydrogen) atoms. The number of methoxy groups -OCH3 is 1. The Morgan fingerprint density at radius 1 is 1.36 bits per heavy atom. The van der Waals surface area contributed by atoms with Crippen LogP contribution in [0.5, 0.6) is 11.5 Å². The Bertz CT molecular complexity index is 279. The number of nitrogens with one attached hydrogen (secondary N) is 1. The predicted octanol–water partition coefficient (Wildman–Crippen LogP) is 0.926. The molecule has 4 heteroatoms. The van der Waals surface area contributed by atoms with Crippen LogP contribution in [0.4, 0.5) is 0 Å². The van der Waals surface area contributed by atoms with E-state index in [9.17, 15) is 0 Å². The highest BCUT2D eigenvalue weighted by Crippen LogP contribution is 2.26. The van der Waals surface area contributed by atoms with E-state index >= 15 is 0 Å². The van der Waals surface area contributed by atoms with E-state index in [-0.39, 0.29) is 6.10 Å². The van der Waals surface area contributed by atoms with E-state index in [1.807, 2.05) is 31.2 Å². The Balaban J connectivity index is 2.65. The maximum absolute atomic E-state index is 5.61. The molecule has 1 aromatic carbocycles. The molecule has 3 N–H and O–H groups in total. The second-order valence-corrected chi connectivity index (χ2v) is 2.99. The fraction of sp³-hybridized carbons (Fsp3) is 0.400. The van der Waals surface area contributed by atoms with Gasteiger partial charge in [0.25, 0.3) is 0 Å². The van der Waals surface area contributed by atoms with Gasteiger partial charge in [0.05, 0.1) is 7.11 Å². The van der Waals surface area contributed by atoms with Gasteiger partial charge in [0.15, 0.2) is 11.5 Å². The maximum atomic E-state index is 5.61. The molecule has 4 nitrogen and oxygen atoms in total. The van der Waals surface area contributed by atoms with Gasteiger partial charge in [-0.2, -0.15) is 0 Å². The van der Waals surface area contributed by atoms with Crippen LogP contribution >= 0.6 is 0 Å². The van der Waals surface area contributed by atoms with Crippen molar-refractivity contribution in [2.24, 2.45) is 5.84 Å². The van der Waals surface area contributed by atoms with Gasteiger partial charge in [-0.1, -0.05) is 12.1 Å². The Kier molecular flexibility index (Phi) is 4.22. The van der Waals surface area contributed by atoms with Crippen LogP contribution in [-0.4, -0.2) is 19.8 Å². The van der Waals surface area contributed by atoms with Gasteiger partial charge in [0.1, 0.15) is 6.10 Å². The zero-order valence-corrected chi connectivity index (χ0v) is 8.49. The van der Waals surface area contributed by atoms with E-state index in [4.69, 9.17) is 15.3 Å². The number of nitrogens with two attached hydrogens (primary N) is 1. The van der Waals surface area contributed by atoms with Gasteiger partial charge < -0.3 is 9.47 Å². The Labute approximate surface area is 84.0 Å². The Morgan fingerprint density at radius 3 is 2.57 bits per heavy atom. The van der Waals surface area contributed by atoms with Gasteiger partial charge in [-0.05, 0) is 19.1 Å². The number of para-hydroxylation sites is 2. The molecule has 1 aromatic rings. The first-order chi connectivity index (χ1) is 6.77. The first kappa shape index (κ1) is 10.8. The quantitative estimate of drug-likeness (QED) is 0.543. The standard InChI is InChI=1S/C10H16N2O2/c1-8(7-12-11)14-10-6-4-3-5-9(10)13-2/h3-6,8,12H,7,11H2,1-2H3. The minimum absolute atomic E-state index is 0.0105. The fourth-order valence-electron chi connectivity index (χ4n) is 1.14. The van der Waals surface area contributed by atoms with E-state index in [0.717, 1.165) is 11.5 Å². The summed E-state index contributed by atoms with van der Waals surface area (Å²) in [5.74, 6) is 6.66. The van der Waals surface area contributed by atoms with Crippen LogP contribution in [-0.2, 0) is 0 Å². The number of hydrazine groups is 1. The van der Waals surface area contributed by atoms with E-state index in [2.05, 4.69) is 5.43 Å². The smallest absolute Gasteiger partial charge is 0.161 e. The highest BCUT2D eigenvalue weighted by atomic mass is 16.5. The van der Waals surface area contributed by atoms with Crippen molar-refractivity contribution in [3.05, 3.63) is 24.3 Å². The van der Waals surface area contributed by atoms with Crippen molar-refractivity contribution in [3.8, 4) is 11.5 Å². The van der Waals surface area contributed by atoms with Gasteiger partial charge in [-0.3, -0.25) is 11.3 Å². The molecule has 1 rings (SSSR count). The van der Waals surface area contributed by atoms with Crippen LogP contribution < -0.4 is 20.7 Å². The van der Waals surface area contributed by atoms with Crippen molar-refractivity contribution in [3.63, 3.8) is 0 Å². The number of rotatable bonds is 5. The van der Waals surface area contributed by atoms with Crippen LogP contribution in [0, 0.1) is 0 Å². The van der Waals surface area contributed by atoms with Crippen molar-refractivity contribution < 1.29 is 9.47 Å². The molecular weight excluding hydrogens is 180 g/mol. The summed E-state index contributed by atoms with van der Waals surface area (Å²) in [6, 6.07) is 7.53. The first-order valence-electron chi connectivity index (χ1n) is 4.51. The summed E-state index contributed by atoms with van der Waals surface area (Å²) in [5, 5.41) is 0. The third-order valence-electron chi connectivity index (χ3n) is 1.80. The van der Waals surface area contributed by atoms with Gasteiger partial charge >= 0.3 is 0 Å². The monoisotopic (exact) mass is 196 g/mol. The number of benzene rings is 1. The molecule has 0 aliphatic carbocycles. The molecule has 78 valence electrons. The van der Waals surface area contributed by atoms with Crippen molar-refractivity contribution in [2.45, 2.75) is 13.0 Å². The van der Waals surface area contributed by atoms with Crippen molar-refractivity contribution in [1.29, 1.82) is 0 Å². The summed E-state index contributed by atoms with van der Waals surface area (Å²) in [4.78, 5) is 0. The Hall–Kier alpha value is -1.26. The van der Waals surface area contributed by atoms with E-state index < -0.39 is 0 Å². The summed E-state index contributed by atoms with van der Waals surface area (Å²) < 4.78 is 10.8.